The van der Waals surface area contributed by atoms with Gasteiger partial charge in [-0.15, -0.1) is 0 Å². The second-order valence-electron chi connectivity index (χ2n) is 7.91. The first-order valence-electron chi connectivity index (χ1n) is 9.50. The summed E-state index contributed by atoms with van der Waals surface area (Å²) in [5.41, 5.74) is 0. The lowest BCUT2D eigenvalue weighted by Gasteiger charge is -2.41. The van der Waals surface area contributed by atoms with Crippen LogP contribution in [0.3, 0.4) is 0 Å². The Morgan fingerprint density at radius 3 is 2.39 bits per heavy atom. The smallest absolute Gasteiger partial charge is 0.234 e. The SMILES string of the molecule is CCC1CN(CC(=O)NC(C2CC2)C2CC2)CCN1CC(C)O. The first kappa shape index (κ1) is 17.2. The third-order valence-corrected chi connectivity index (χ3v) is 5.61. The maximum atomic E-state index is 12.4. The van der Waals surface area contributed by atoms with E-state index < -0.39 is 0 Å². The molecule has 132 valence electrons. The van der Waals surface area contributed by atoms with Gasteiger partial charge in [-0.1, -0.05) is 6.92 Å². The molecule has 1 amide bonds. The summed E-state index contributed by atoms with van der Waals surface area (Å²) < 4.78 is 0. The highest BCUT2D eigenvalue weighted by Gasteiger charge is 2.42. The number of aliphatic hydroxyl groups excluding tert-OH is 1. The number of piperazine rings is 1. The second kappa shape index (κ2) is 7.49. The lowest BCUT2D eigenvalue weighted by atomic mass is 10.1. The number of hydrogen-bond acceptors (Lipinski definition) is 4. The number of aliphatic hydroxyl groups is 1. The van der Waals surface area contributed by atoms with Crippen molar-refractivity contribution in [1.82, 2.24) is 15.1 Å². The molecule has 0 bridgehead atoms. The number of nitrogens with one attached hydrogen (secondary N) is 1. The Hall–Kier alpha value is -0.650. The van der Waals surface area contributed by atoms with E-state index in [2.05, 4.69) is 22.0 Å². The van der Waals surface area contributed by atoms with E-state index in [1.54, 1.807) is 0 Å². The molecule has 2 unspecified atom stereocenters. The fraction of sp³-hybridized carbons (Fsp3) is 0.944. The van der Waals surface area contributed by atoms with Crippen molar-refractivity contribution in [3.8, 4) is 0 Å². The highest BCUT2D eigenvalue weighted by atomic mass is 16.3. The number of hydrogen-bond donors (Lipinski definition) is 2. The molecule has 0 spiro atoms. The van der Waals surface area contributed by atoms with Crippen LogP contribution >= 0.6 is 0 Å². The largest absolute Gasteiger partial charge is 0.392 e. The highest BCUT2D eigenvalue weighted by molar-refractivity contribution is 5.78. The lowest BCUT2D eigenvalue weighted by molar-refractivity contribution is -0.124. The van der Waals surface area contributed by atoms with Gasteiger partial charge in [0.05, 0.1) is 12.6 Å². The third kappa shape index (κ3) is 4.91. The second-order valence-corrected chi connectivity index (χ2v) is 7.91. The van der Waals surface area contributed by atoms with Gasteiger partial charge in [-0.3, -0.25) is 14.6 Å². The van der Waals surface area contributed by atoms with E-state index in [0.717, 1.165) is 44.4 Å². The van der Waals surface area contributed by atoms with E-state index >= 15 is 0 Å². The standard InChI is InChI=1S/C18H33N3O2/c1-3-16-11-20(8-9-21(16)10-13(2)22)12-17(23)19-18(14-4-5-14)15-6-7-15/h13-16,18,22H,3-12H2,1-2H3,(H,19,23). The molecule has 5 heteroatoms. The Bertz CT molecular complexity index is 395. The Morgan fingerprint density at radius 2 is 1.87 bits per heavy atom. The van der Waals surface area contributed by atoms with E-state index in [1.165, 1.54) is 25.7 Å². The van der Waals surface area contributed by atoms with Gasteiger partial charge in [0.1, 0.15) is 0 Å². The van der Waals surface area contributed by atoms with Crippen molar-refractivity contribution in [3.05, 3.63) is 0 Å². The van der Waals surface area contributed by atoms with Crippen LogP contribution in [0.15, 0.2) is 0 Å². The van der Waals surface area contributed by atoms with Crippen molar-refractivity contribution >= 4 is 5.91 Å². The van der Waals surface area contributed by atoms with Gasteiger partial charge in [-0.05, 0) is 50.9 Å². The maximum absolute atomic E-state index is 12.4. The minimum Gasteiger partial charge on any atom is -0.392 e. The molecule has 1 heterocycles. The van der Waals surface area contributed by atoms with Gasteiger partial charge >= 0.3 is 0 Å². The van der Waals surface area contributed by atoms with Crippen molar-refractivity contribution < 1.29 is 9.90 Å². The molecule has 1 saturated heterocycles. The van der Waals surface area contributed by atoms with Crippen molar-refractivity contribution in [2.24, 2.45) is 11.8 Å². The molecule has 3 aliphatic rings. The van der Waals surface area contributed by atoms with Crippen LogP contribution in [-0.4, -0.2) is 71.7 Å². The number of amides is 1. The number of carbonyl (C=O) groups excluding carboxylic acids is 1. The fourth-order valence-electron chi connectivity index (χ4n) is 4.03. The van der Waals surface area contributed by atoms with Crippen LogP contribution in [0.25, 0.3) is 0 Å². The van der Waals surface area contributed by atoms with Crippen LogP contribution in [-0.2, 0) is 4.79 Å². The van der Waals surface area contributed by atoms with Crippen LogP contribution in [0.5, 0.6) is 0 Å². The zero-order valence-electron chi connectivity index (χ0n) is 14.7. The van der Waals surface area contributed by atoms with E-state index in [4.69, 9.17) is 0 Å². The van der Waals surface area contributed by atoms with Crippen molar-refractivity contribution in [2.45, 2.75) is 64.1 Å². The van der Waals surface area contributed by atoms with Gasteiger partial charge in [-0.2, -0.15) is 0 Å². The number of rotatable bonds is 8. The van der Waals surface area contributed by atoms with Gasteiger partial charge < -0.3 is 10.4 Å². The number of nitrogens with zero attached hydrogens (tertiary/aromatic N) is 2. The molecule has 3 rings (SSSR count). The van der Waals surface area contributed by atoms with Crippen LogP contribution < -0.4 is 5.32 Å². The van der Waals surface area contributed by atoms with Crippen LogP contribution in [0.1, 0.15) is 46.0 Å². The summed E-state index contributed by atoms with van der Waals surface area (Å²) in [5, 5.41) is 13.0. The summed E-state index contributed by atoms with van der Waals surface area (Å²) in [6.45, 7) is 8.13. The fourth-order valence-corrected chi connectivity index (χ4v) is 4.03. The zero-order valence-corrected chi connectivity index (χ0v) is 14.7. The summed E-state index contributed by atoms with van der Waals surface area (Å²) in [7, 11) is 0. The first-order valence-corrected chi connectivity index (χ1v) is 9.50. The van der Waals surface area contributed by atoms with Crippen LogP contribution in [0.4, 0.5) is 0 Å². The molecular formula is C18H33N3O2. The summed E-state index contributed by atoms with van der Waals surface area (Å²) in [6.07, 6.45) is 6.00. The summed E-state index contributed by atoms with van der Waals surface area (Å²) in [5.74, 6) is 1.74. The van der Waals surface area contributed by atoms with Crippen molar-refractivity contribution in [2.75, 3.05) is 32.7 Å². The molecule has 2 atom stereocenters. The summed E-state index contributed by atoms with van der Waals surface area (Å²) in [6, 6.07) is 0.912. The molecule has 23 heavy (non-hydrogen) atoms. The molecule has 0 aromatic rings. The molecule has 5 nitrogen and oxygen atoms in total. The lowest BCUT2D eigenvalue weighted by Crippen LogP contribution is -2.56. The molecule has 2 saturated carbocycles. The Kier molecular flexibility index (Phi) is 5.60. The summed E-state index contributed by atoms with van der Waals surface area (Å²) >= 11 is 0. The summed E-state index contributed by atoms with van der Waals surface area (Å²) in [4.78, 5) is 17.1. The number of β-amino-alcohol motifs (C(OH)–C–C–N with tert-alkyl or cyclic N) is 1. The van der Waals surface area contributed by atoms with E-state index in [0.29, 0.717) is 18.6 Å². The van der Waals surface area contributed by atoms with Gasteiger partial charge in [0, 0.05) is 38.3 Å². The van der Waals surface area contributed by atoms with Crippen molar-refractivity contribution in [3.63, 3.8) is 0 Å². The van der Waals surface area contributed by atoms with E-state index in [9.17, 15) is 9.90 Å². The molecule has 0 aromatic carbocycles. The third-order valence-electron chi connectivity index (χ3n) is 5.61. The van der Waals surface area contributed by atoms with Gasteiger partial charge in [0.2, 0.25) is 5.91 Å². The first-order chi connectivity index (χ1) is 11.1. The highest BCUT2D eigenvalue weighted by Crippen LogP contribution is 2.44. The average Bonchev–Trinajstić information content (AvgIpc) is 3.38. The van der Waals surface area contributed by atoms with Crippen LogP contribution in [0, 0.1) is 11.8 Å². The normalized spacial score (nSPS) is 28.1. The average molecular weight is 323 g/mol. The Labute approximate surface area is 140 Å². The predicted molar refractivity (Wildman–Crippen MR) is 91.2 cm³/mol. The van der Waals surface area contributed by atoms with Crippen molar-refractivity contribution in [1.29, 1.82) is 0 Å². The molecule has 0 aromatic heterocycles. The molecule has 0 radical (unpaired) electrons. The quantitative estimate of drug-likeness (QED) is 0.701. The minimum absolute atomic E-state index is 0.215. The molecule has 2 aliphatic carbocycles. The predicted octanol–water partition coefficient (Wildman–Crippen LogP) is 1.07. The molecule has 2 N–H and O–H groups in total. The monoisotopic (exact) mass is 323 g/mol. The van der Waals surface area contributed by atoms with Gasteiger partial charge in [-0.25, -0.2) is 0 Å². The molecule has 3 fully saturated rings. The van der Waals surface area contributed by atoms with E-state index in [1.807, 2.05) is 6.92 Å². The number of carbonyl (C=O) groups is 1. The molecular weight excluding hydrogens is 290 g/mol. The van der Waals surface area contributed by atoms with Crippen LogP contribution in [0.2, 0.25) is 0 Å². The maximum Gasteiger partial charge on any atom is 0.234 e. The van der Waals surface area contributed by atoms with Gasteiger partial charge in [0.25, 0.3) is 0 Å². The van der Waals surface area contributed by atoms with Gasteiger partial charge in [0.15, 0.2) is 0 Å². The van der Waals surface area contributed by atoms with E-state index in [-0.39, 0.29) is 12.0 Å². The zero-order chi connectivity index (χ0) is 16.4. The molecule has 1 aliphatic heterocycles. The Balaban J connectivity index is 1.45. The topological polar surface area (TPSA) is 55.8 Å². The minimum atomic E-state index is -0.281. The Morgan fingerprint density at radius 1 is 1.22 bits per heavy atom.